The van der Waals surface area contributed by atoms with Gasteiger partial charge in [-0.05, 0) is 86.9 Å². The van der Waals surface area contributed by atoms with E-state index in [0.717, 1.165) is 35.2 Å². The van der Waals surface area contributed by atoms with Crippen molar-refractivity contribution in [2.24, 2.45) is 5.41 Å². The van der Waals surface area contributed by atoms with Gasteiger partial charge in [-0.2, -0.15) is 0 Å². The van der Waals surface area contributed by atoms with E-state index in [-0.39, 0.29) is 29.3 Å². The van der Waals surface area contributed by atoms with Gasteiger partial charge < -0.3 is 15.2 Å². The van der Waals surface area contributed by atoms with Crippen molar-refractivity contribution >= 4 is 28.5 Å². The molecule has 2 aromatic carbocycles. The van der Waals surface area contributed by atoms with Crippen LogP contribution in [0.4, 0.5) is 5.69 Å². The molecule has 0 fully saturated rings. The second-order valence-electron chi connectivity index (χ2n) is 11.8. The number of nitrogens with one attached hydrogen (secondary N) is 1. The Morgan fingerprint density at radius 2 is 1.86 bits per heavy atom. The zero-order valence-corrected chi connectivity index (χ0v) is 22.6. The number of nitrogens with zero attached hydrogens (tertiary/aromatic N) is 2. The number of benzene rings is 2. The van der Waals surface area contributed by atoms with E-state index in [9.17, 15) is 19.5 Å². The smallest absolute Gasteiger partial charge is 0.336 e. The lowest BCUT2D eigenvalue weighted by molar-refractivity contribution is -0.157. The first-order valence-electron chi connectivity index (χ1n) is 12.5. The van der Waals surface area contributed by atoms with Crippen molar-refractivity contribution in [3.05, 3.63) is 68.8 Å². The second kappa shape index (κ2) is 9.32. The van der Waals surface area contributed by atoms with Crippen molar-refractivity contribution in [3.63, 3.8) is 0 Å². The fourth-order valence-electron chi connectivity index (χ4n) is 4.92. The maximum Gasteiger partial charge on any atom is 0.336 e. The van der Waals surface area contributed by atoms with Crippen molar-refractivity contribution in [2.45, 2.75) is 79.5 Å². The number of carbonyl (C=O) groups is 2. The fourth-order valence-corrected chi connectivity index (χ4v) is 4.92. The van der Waals surface area contributed by atoms with Crippen LogP contribution in [-0.4, -0.2) is 26.6 Å². The lowest BCUT2D eigenvalue weighted by Gasteiger charge is -2.27. The number of aromatic nitrogens is 2. The van der Waals surface area contributed by atoms with E-state index in [4.69, 9.17) is 4.74 Å². The highest BCUT2D eigenvalue weighted by Gasteiger charge is 2.29. The standard InChI is InChI=1S/C29H35N3O5/c1-16-30-23-13-17-11-12-21(31-22-10-8-9-18(26(34)35)24(22)28(2,3)4)19(17)14-20(23)25(33)32(16)15-37-27(36)29(5,6)7/h8-10,13-14,21,31H,11-12,15H2,1-7H3,(H,34,35). The Morgan fingerprint density at radius 3 is 2.49 bits per heavy atom. The molecular formula is C29H35N3O5. The van der Waals surface area contributed by atoms with Crippen molar-refractivity contribution < 1.29 is 19.4 Å². The molecular weight excluding hydrogens is 470 g/mol. The third-order valence-corrected chi connectivity index (χ3v) is 6.80. The van der Waals surface area contributed by atoms with E-state index in [1.165, 1.54) is 4.57 Å². The zero-order chi connectivity index (χ0) is 27.3. The zero-order valence-electron chi connectivity index (χ0n) is 22.6. The molecule has 8 heteroatoms. The quantitative estimate of drug-likeness (QED) is 0.450. The van der Waals surface area contributed by atoms with Crippen LogP contribution in [0.15, 0.2) is 35.1 Å². The first kappa shape index (κ1) is 26.4. The molecule has 4 rings (SSSR count). The number of esters is 1. The summed E-state index contributed by atoms with van der Waals surface area (Å²) in [7, 11) is 0. The Morgan fingerprint density at radius 1 is 1.16 bits per heavy atom. The molecule has 1 aliphatic carbocycles. The molecule has 0 amide bonds. The number of anilines is 1. The van der Waals surface area contributed by atoms with Gasteiger partial charge in [-0.3, -0.25) is 14.2 Å². The summed E-state index contributed by atoms with van der Waals surface area (Å²) in [5, 5.41) is 13.8. The monoisotopic (exact) mass is 505 g/mol. The summed E-state index contributed by atoms with van der Waals surface area (Å²) in [4.78, 5) is 42.3. The van der Waals surface area contributed by atoms with Crippen LogP contribution in [0.1, 0.15) is 86.9 Å². The first-order valence-corrected chi connectivity index (χ1v) is 12.5. The number of hydrogen-bond donors (Lipinski definition) is 2. The molecule has 0 bridgehead atoms. The number of hydrogen-bond acceptors (Lipinski definition) is 6. The summed E-state index contributed by atoms with van der Waals surface area (Å²) < 4.78 is 6.77. The average molecular weight is 506 g/mol. The molecule has 0 spiro atoms. The molecule has 0 saturated carbocycles. The minimum atomic E-state index is -0.958. The Kier molecular flexibility index (Phi) is 6.65. The number of fused-ring (bicyclic) bond motifs is 2. The SMILES string of the molecule is Cc1nc2cc3c(cc2c(=O)n1COC(=O)C(C)(C)C)C(Nc1cccc(C(=O)O)c1C(C)(C)C)CC3. The minimum Gasteiger partial charge on any atom is -0.478 e. The number of ether oxygens (including phenoxy) is 1. The molecule has 3 aromatic rings. The van der Waals surface area contributed by atoms with E-state index in [2.05, 4.69) is 10.3 Å². The van der Waals surface area contributed by atoms with Crippen LogP contribution in [0.25, 0.3) is 10.9 Å². The molecule has 1 aliphatic rings. The van der Waals surface area contributed by atoms with Gasteiger partial charge in [-0.1, -0.05) is 26.8 Å². The summed E-state index contributed by atoms with van der Waals surface area (Å²) in [6.45, 7) is 12.8. The molecule has 37 heavy (non-hydrogen) atoms. The highest BCUT2D eigenvalue weighted by molar-refractivity contribution is 5.92. The van der Waals surface area contributed by atoms with Crippen LogP contribution >= 0.6 is 0 Å². The van der Waals surface area contributed by atoms with Gasteiger partial charge in [0.2, 0.25) is 0 Å². The van der Waals surface area contributed by atoms with Gasteiger partial charge in [0.05, 0.1) is 27.9 Å². The van der Waals surface area contributed by atoms with Crippen LogP contribution in [0.5, 0.6) is 0 Å². The van der Waals surface area contributed by atoms with Crippen molar-refractivity contribution in [1.29, 1.82) is 0 Å². The summed E-state index contributed by atoms with van der Waals surface area (Å²) >= 11 is 0. The third-order valence-electron chi connectivity index (χ3n) is 6.80. The largest absolute Gasteiger partial charge is 0.478 e. The minimum absolute atomic E-state index is 0.0857. The lowest BCUT2D eigenvalue weighted by Crippen LogP contribution is -2.30. The fraction of sp³-hybridized carbons (Fsp3) is 0.448. The highest BCUT2D eigenvalue weighted by Crippen LogP contribution is 2.39. The number of carboxylic acid groups (broad SMARTS) is 1. The highest BCUT2D eigenvalue weighted by atomic mass is 16.5. The molecule has 1 heterocycles. The number of aromatic carboxylic acids is 1. The number of carbonyl (C=O) groups excluding carboxylic acids is 1. The van der Waals surface area contributed by atoms with Crippen molar-refractivity contribution in [1.82, 2.24) is 9.55 Å². The van der Waals surface area contributed by atoms with Crippen LogP contribution < -0.4 is 10.9 Å². The Bertz CT molecular complexity index is 1460. The Hall–Kier alpha value is -3.68. The first-order chi connectivity index (χ1) is 17.2. The maximum atomic E-state index is 13.4. The van der Waals surface area contributed by atoms with E-state index in [1.807, 2.05) is 39.0 Å². The summed E-state index contributed by atoms with van der Waals surface area (Å²) in [6.07, 6.45) is 1.63. The average Bonchev–Trinajstić information content (AvgIpc) is 3.17. The van der Waals surface area contributed by atoms with E-state index in [1.54, 1.807) is 39.8 Å². The summed E-state index contributed by atoms with van der Waals surface area (Å²) in [6, 6.07) is 9.05. The lowest BCUT2D eigenvalue weighted by atomic mass is 9.82. The molecule has 0 aliphatic heterocycles. The van der Waals surface area contributed by atoms with Gasteiger partial charge in [0.25, 0.3) is 5.56 Å². The molecule has 8 nitrogen and oxygen atoms in total. The van der Waals surface area contributed by atoms with Gasteiger partial charge in [0.1, 0.15) is 5.82 Å². The molecule has 0 radical (unpaired) electrons. The van der Waals surface area contributed by atoms with Gasteiger partial charge in [-0.15, -0.1) is 0 Å². The second-order valence-corrected chi connectivity index (χ2v) is 11.8. The Balaban J connectivity index is 1.73. The van der Waals surface area contributed by atoms with Crippen LogP contribution in [-0.2, 0) is 28.1 Å². The number of carboxylic acids is 1. The van der Waals surface area contributed by atoms with E-state index < -0.39 is 17.4 Å². The van der Waals surface area contributed by atoms with Gasteiger partial charge in [0.15, 0.2) is 6.73 Å². The van der Waals surface area contributed by atoms with Crippen LogP contribution in [0.3, 0.4) is 0 Å². The van der Waals surface area contributed by atoms with Crippen LogP contribution in [0.2, 0.25) is 0 Å². The topological polar surface area (TPSA) is 111 Å². The molecule has 1 aromatic heterocycles. The molecule has 196 valence electrons. The van der Waals surface area contributed by atoms with Gasteiger partial charge in [0, 0.05) is 5.69 Å². The van der Waals surface area contributed by atoms with Crippen LogP contribution in [0, 0.1) is 12.3 Å². The predicted octanol–water partition coefficient (Wildman–Crippen LogP) is 5.35. The molecule has 1 atom stereocenters. The normalized spacial score (nSPS) is 15.5. The molecule has 2 N–H and O–H groups in total. The van der Waals surface area contributed by atoms with E-state index in [0.29, 0.717) is 16.7 Å². The van der Waals surface area contributed by atoms with E-state index >= 15 is 0 Å². The summed E-state index contributed by atoms with van der Waals surface area (Å²) in [5.74, 6) is -0.872. The van der Waals surface area contributed by atoms with Crippen molar-refractivity contribution in [2.75, 3.05) is 5.32 Å². The molecule has 0 saturated heterocycles. The maximum absolute atomic E-state index is 13.4. The third kappa shape index (κ3) is 5.10. The van der Waals surface area contributed by atoms with Gasteiger partial charge in [-0.25, -0.2) is 9.78 Å². The Labute approximate surface area is 216 Å². The number of rotatable bonds is 5. The number of aryl methyl sites for hydroxylation is 2. The summed E-state index contributed by atoms with van der Waals surface area (Å²) in [5.41, 5.74) is 3.20. The predicted molar refractivity (Wildman–Crippen MR) is 143 cm³/mol. The van der Waals surface area contributed by atoms with Gasteiger partial charge >= 0.3 is 11.9 Å². The molecule has 1 unspecified atom stereocenters. The van der Waals surface area contributed by atoms with Crippen molar-refractivity contribution in [3.8, 4) is 0 Å².